The number of carboxylic acids is 2. The summed E-state index contributed by atoms with van der Waals surface area (Å²) in [7, 11) is 0. The van der Waals surface area contributed by atoms with Crippen LogP contribution < -0.4 is 10.2 Å². The van der Waals surface area contributed by atoms with E-state index >= 15 is 0 Å². The van der Waals surface area contributed by atoms with E-state index in [4.69, 9.17) is 19.8 Å². The van der Waals surface area contributed by atoms with Crippen LogP contribution in [0.25, 0.3) is 0 Å². The van der Waals surface area contributed by atoms with Crippen molar-refractivity contribution >= 4 is 11.9 Å². The van der Waals surface area contributed by atoms with Gasteiger partial charge < -0.3 is 19.8 Å². The number of carboxylic acid groups (broad SMARTS) is 2. The number of aliphatic carboxylic acids is 2. The number of carbonyl (C=O) groups excluding carboxylic acids is 2. The maximum absolute atomic E-state index is 8.89. The second-order valence-electron chi connectivity index (χ2n) is 0.983. The van der Waals surface area contributed by atoms with E-state index in [9.17, 15) is 0 Å². The van der Waals surface area contributed by atoms with Gasteiger partial charge in [-0.05, 0) is 13.8 Å². The van der Waals surface area contributed by atoms with E-state index in [2.05, 4.69) is 0 Å². The van der Waals surface area contributed by atoms with Crippen molar-refractivity contribution in [2.24, 2.45) is 0 Å². The summed E-state index contributed by atoms with van der Waals surface area (Å²) in [5.41, 5.74) is 0. The molecule has 0 rings (SSSR count). The Balaban J connectivity index is -0.0000000300. The first-order valence-electron chi connectivity index (χ1n) is 1.82. The summed E-state index contributed by atoms with van der Waals surface area (Å²) >= 11 is 0. The minimum absolute atomic E-state index is 0. The minimum atomic E-state index is -1.08. The van der Waals surface area contributed by atoms with Gasteiger partial charge in [0, 0.05) is 11.9 Å². The van der Waals surface area contributed by atoms with Crippen molar-refractivity contribution in [3.8, 4) is 0 Å². The van der Waals surface area contributed by atoms with E-state index in [1.165, 1.54) is 0 Å². The van der Waals surface area contributed by atoms with E-state index in [0.717, 1.165) is 13.8 Å². The zero-order chi connectivity index (χ0) is 7.15. The van der Waals surface area contributed by atoms with Gasteiger partial charge in [0.05, 0.1) is 0 Å². The summed E-state index contributed by atoms with van der Waals surface area (Å²) in [4.78, 5) is 17.8. The first kappa shape index (κ1) is 22.5. The molecule has 0 saturated heterocycles. The van der Waals surface area contributed by atoms with Gasteiger partial charge in [0.25, 0.3) is 0 Å². The van der Waals surface area contributed by atoms with Crippen molar-refractivity contribution in [3.63, 3.8) is 0 Å². The summed E-state index contributed by atoms with van der Waals surface area (Å²) in [5, 5.41) is 17.8. The quantitative estimate of drug-likeness (QED) is 0.444. The van der Waals surface area contributed by atoms with Gasteiger partial charge in [-0.1, -0.05) is 0 Å². The molecular weight excluding hydrogens is 243 g/mol. The van der Waals surface area contributed by atoms with E-state index in [-0.39, 0.29) is 39.0 Å². The van der Waals surface area contributed by atoms with Crippen LogP contribution in [-0.2, 0) is 48.5 Å². The Labute approximate surface area is 84.5 Å². The van der Waals surface area contributed by atoms with Crippen molar-refractivity contribution in [1.29, 1.82) is 0 Å². The summed E-state index contributed by atoms with van der Waals surface area (Å²) in [6, 6.07) is 0. The van der Waals surface area contributed by atoms with Crippen LogP contribution in [0.1, 0.15) is 13.8 Å². The van der Waals surface area contributed by atoms with Crippen molar-refractivity contribution in [2.75, 3.05) is 0 Å². The van der Waals surface area contributed by atoms with Crippen molar-refractivity contribution in [1.82, 2.24) is 0 Å². The third-order valence-corrected chi connectivity index (χ3v) is 0. The van der Waals surface area contributed by atoms with E-state index in [1.807, 2.05) is 0 Å². The molecule has 0 fully saturated rings. The van der Waals surface area contributed by atoms with Crippen LogP contribution in [-0.4, -0.2) is 11.9 Å². The number of hydrogen-bond donors (Lipinski definition) is 0. The molecule has 48 valence electrons. The molecule has 6 heteroatoms. The molecule has 0 aromatic heterocycles. The van der Waals surface area contributed by atoms with Gasteiger partial charge in [-0.25, -0.2) is 0 Å². The molecule has 0 aromatic carbocycles. The van der Waals surface area contributed by atoms with Crippen LogP contribution in [0.4, 0.5) is 0 Å². The fourth-order valence-electron chi connectivity index (χ4n) is 0. The minimum Gasteiger partial charge on any atom is -0.550 e. The monoisotopic (exact) mass is 246 g/mol. The van der Waals surface area contributed by atoms with Gasteiger partial charge >= 0.3 is 39.0 Å². The van der Waals surface area contributed by atoms with Gasteiger partial charge in [-0.3, -0.25) is 0 Å². The molecule has 0 N–H and O–H groups in total. The summed E-state index contributed by atoms with van der Waals surface area (Å²) < 4.78 is 0. The average Bonchev–Trinajstić information content (AvgIpc) is 1.25. The zero-order valence-corrected chi connectivity index (χ0v) is 12.0. The van der Waals surface area contributed by atoms with Gasteiger partial charge in [-0.15, -0.1) is 0 Å². The largest absolute Gasteiger partial charge is 2.00 e. The van der Waals surface area contributed by atoms with Crippen LogP contribution in [0, 0.1) is 0 Å². The molecule has 0 unspecified atom stereocenters. The van der Waals surface area contributed by atoms with Crippen LogP contribution in [0.2, 0.25) is 0 Å². The van der Waals surface area contributed by atoms with Crippen LogP contribution in [0.15, 0.2) is 0 Å². The Bertz CT molecular complexity index is 73.3. The number of hydrogen-bond acceptors (Lipinski definition) is 4. The van der Waals surface area contributed by atoms with E-state index < -0.39 is 11.9 Å². The van der Waals surface area contributed by atoms with Crippen LogP contribution in [0.3, 0.4) is 0 Å². The summed E-state index contributed by atoms with van der Waals surface area (Å²) in [6.45, 7) is 1.94. The van der Waals surface area contributed by atoms with E-state index in [0.29, 0.717) is 0 Å². The van der Waals surface area contributed by atoms with Crippen molar-refractivity contribution in [2.45, 2.75) is 13.8 Å². The van der Waals surface area contributed by atoms with Crippen molar-refractivity contribution < 1.29 is 58.8 Å². The predicted octanol–water partition coefficient (Wildman–Crippen LogP) is -2.49. The van der Waals surface area contributed by atoms with Gasteiger partial charge in [-0.2, -0.15) is 0 Å². The Morgan fingerprint density at radius 1 is 0.900 bits per heavy atom. The smallest absolute Gasteiger partial charge is 0.550 e. The zero-order valence-electron chi connectivity index (χ0n) is 6.05. The summed E-state index contributed by atoms with van der Waals surface area (Å²) in [6.07, 6.45) is 0. The first-order chi connectivity index (χ1) is 3.46. The standard InChI is InChI=1S/2C2H4O2.2Zn/c2*1-2(3)4;;/h2*1H3,(H,3,4);;/q;;2*+2/p-2. The molecule has 0 radical (unpaired) electrons. The topological polar surface area (TPSA) is 80.3 Å². The molecule has 0 heterocycles. The summed E-state index contributed by atoms with van der Waals surface area (Å²) in [5.74, 6) is -2.17. The molecule has 0 bridgehead atoms. The third-order valence-electron chi connectivity index (χ3n) is 0. The molecule has 0 saturated carbocycles. The van der Waals surface area contributed by atoms with Gasteiger partial charge in [0.2, 0.25) is 0 Å². The number of carbonyl (C=O) groups is 2. The van der Waals surface area contributed by atoms with E-state index in [1.54, 1.807) is 0 Å². The number of rotatable bonds is 0. The average molecular weight is 249 g/mol. The van der Waals surface area contributed by atoms with Gasteiger partial charge in [0.15, 0.2) is 0 Å². The molecule has 0 spiro atoms. The second-order valence-corrected chi connectivity index (χ2v) is 0.983. The SMILES string of the molecule is CC(=O)[O-].CC(=O)[O-].[Zn+2].[Zn+2]. The fraction of sp³-hybridized carbons (Fsp3) is 0.500. The molecule has 0 aliphatic heterocycles. The molecule has 0 atom stereocenters. The Morgan fingerprint density at radius 3 is 0.900 bits per heavy atom. The second kappa shape index (κ2) is 16.1. The molecule has 0 aliphatic rings. The van der Waals surface area contributed by atoms with Crippen molar-refractivity contribution in [3.05, 3.63) is 0 Å². The maximum Gasteiger partial charge on any atom is 2.00 e. The Kier molecular flexibility index (Phi) is 36.1. The van der Waals surface area contributed by atoms with Crippen LogP contribution >= 0.6 is 0 Å². The molecule has 0 aliphatic carbocycles. The molecule has 4 nitrogen and oxygen atoms in total. The maximum atomic E-state index is 8.89. The Morgan fingerprint density at radius 2 is 0.900 bits per heavy atom. The first-order valence-corrected chi connectivity index (χ1v) is 1.82. The third kappa shape index (κ3) is 12100. The predicted molar refractivity (Wildman–Crippen MR) is 21.4 cm³/mol. The normalized spacial score (nSPS) is 5.00. The van der Waals surface area contributed by atoms with Crippen LogP contribution in [0.5, 0.6) is 0 Å². The molecule has 0 amide bonds. The fourth-order valence-corrected chi connectivity index (χ4v) is 0. The van der Waals surface area contributed by atoms with Gasteiger partial charge in [0.1, 0.15) is 0 Å². The molecular formula is C4H6O4Zn2+2. The Hall–Kier alpha value is 0.187. The molecule has 10 heavy (non-hydrogen) atoms. The molecule has 0 aromatic rings.